The van der Waals surface area contributed by atoms with Crippen LogP contribution >= 0.6 is 0 Å². The van der Waals surface area contributed by atoms with Crippen molar-refractivity contribution in [3.05, 3.63) is 71.3 Å². The first kappa shape index (κ1) is 37.4. The molecule has 4 rings (SSSR count). The second-order valence-corrected chi connectivity index (χ2v) is 9.91. The van der Waals surface area contributed by atoms with Gasteiger partial charge in [0.1, 0.15) is 12.7 Å². The van der Waals surface area contributed by atoms with Gasteiger partial charge >= 0.3 is 5.97 Å². The molecule has 2 aliphatic rings. The number of halogens is 2. The van der Waals surface area contributed by atoms with Crippen molar-refractivity contribution in [2.75, 3.05) is 19.8 Å². The number of likely N-dealkylation sites (tertiary alicyclic amines) is 1. The Labute approximate surface area is 243 Å². The molecule has 228 valence electrons. The Morgan fingerprint density at radius 1 is 1.17 bits per heavy atom. The summed E-state index contributed by atoms with van der Waals surface area (Å²) >= 11 is 0. The van der Waals surface area contributed by atoms with Crippen molar-refractivity contribution in [3.8, 4) is 11.1 Å². The Hall–Kier alpha value is -3.59. The van der Waals surface area contributed by atoms with E-state index in [1.165, 1.54) is 16.7 Å². The summed E-state index contributed by atoms with van der Waals surface area (Å²) in [5.41, 5.74) is 13.3. The number of benzene rings is 2. The van der Waals surface area contributed by atoms with E-state index in [0.717, 1.165) is 34.6 Å². The zero-order valence-electron chi connectivity index (χ0n) is 25.3. The van der Waals surface area contributed by atoms with Crippen LogP contribution in [0.5, 0.6) is 0 Å². The maximum absolute atomic E-state index is 14.3. The fourth-order valence-corrected chi connectivity index (χ4v) is 4.07. The summed E-state index contributed by atoms with van der Waals surface area (Å²) in [6.07, 6.45) is 0.539. The van der Waals surface area contributed by atoms with E-state index in [-0.39, 0.29) is 12.8 Å². The van der Waals surface area contributed by atoms with Crippen LogP contribution in [0.3, 0.4) is 0 Å². The highest BCUT2D eigenvalue weighted by Gasteiger charge is 2.49. The van der Waals surface area contributed by atoms with E-state index >= 15 is 0 Å². The van der Waals surface area contributed by atoms with Gasteiger partial charge < -0.3 is 21.5 Å². The number of amides is 2. The standard InChI is InChI=1S/C21H19F2NO3.C6H12.C2H7N.C2H6.CH3NO/c22-11-21(23)10-18(20(26)27)24(12-21)19(25)8-13-5-6-15-9-14-3-1-2-4-16(14)17(15)7-13;1-5(2)6(3)4;1-2-3;1-2;2-1-3/h1-7,18H,8-12H2,(H,26,27);6H,1H2,2-4H3;2-3H2,1H3;1-2H3;1H,(H2,2,3)/t18?,21-;;;;/m0..../s1. The highest BCUT2D eigenvalue weighted by Crippen LogP contribution is 2.37. The molecule has 0 saturated carbocycles. The number of carboxylic acids is 1. The molecule has 0 spiro atoms. The number of carbonyl (C=O) groups is 3. The van der Waals surface area contributed by atoms with Crippen LogP contribution in [0.4, 0.5) is 8.78 Å². The van der Waals surface area contributed by atoms with Gasteiger partial charge in [-0.3, -0.25) is 9.59 Å². The van der Waals surface area contributed by atoms with E-state index in [2.05, 4.69) is 32.2 Å². The minimum absolute atomic E-state index is 0.0401. The van der Waals surface area contributed by atoms with Gasteiger partial charge in [-0.2, -0.15) is 0 Å². The first-order chi connectivity index (χ1) is 19.4. The molecule has 2 atom stereocenters. The lowest BCUT2D eigenvalue weighted by Crippen LogP contribution is -2.41. The molecule has 0 aromatic heterocycles. The van der Waals surface area contributed by atoms with Crippen molar-refractivity contribution < 1.29 is 28.3 Å². The average Bonchev–Trinajstić information content (AvgIpc) is 3.49. The molecular weight excluding hydrogens is 528 g/mol. The van der Waals surface area contributed by atoms with Gasteiger partial charge in [-0.25, -0.2) is 13.6 Å². The van der Waals surface area contributed by atoms with Gasteiger partial charge in [0.2, 0.25) is 12.3 Å². The fourth-order valence-electron chi connectivity index (χ4n) is 4.07. The molecular formula is C32H47F2N3O4. The molecule has 5 N–H and O–H groups in total. The summed E-state index contributed by atoms with van der Waals surface area (Å²) in [6.45, 7) is 14.9. The van der Waals surface area contributed by atoms with Gasteiger partial charge in [-0.1, -0.05) is 89.2 Å². The zero-order chi connectivity index (χ0) is 31.8. The lowest BCUT2D eigenvalue weighted by molar-refractivity contribution is -0.148. The summed E-state index contributed by atoms with van der Waals surface area (Å²) in [5.74, 6) is -1.15. The van der Waals surface area contributed by atoms with Crippen LogP contribution < -0.4 is 11.5 Å². The van der Waals surface area contributed by atoms with E-state index in [1.807, 2.05) is 64.1 Å². The molecule has 1 aliphatic carbocycles. The van der Waals surface area contributed by atoms with Crippen LogP contribution in [0.25, 0.3) is 11.1 Å². The van der Waals surface area contributed by atoms with Crippen molar-refractivity contribution in [2.45, 2.75) is 72.5 Å². The van der Waals surface area contributed by atoms with Gasteiger partial charge in [0.15, 0.2) is 5.67 Å². The second kappa shape index (κ2) is 18.7. The number of alkyl halides is 2. The number of rotatable bonds is 5. The summed E-state index contributed by atoms with van der Waals surface area (Å²) in [6, 6.07) is 12.5. The fraction of sp³-hybridized carbons (Fsp3) is 0.469. The van der Waals surface area contributed by atoms with Crippen molar-refractivity contribution >= 4 is 18.3 Å². The maximum atomic E-state index is 14.3. The van der Waals surface area contributed by atoms with Crippen molar-refractivity contribution in [1.82, 2.24) is 4.90 Å². The Morgan fingerprint density at radius 2 is 1.68 bits per heavy atom. The first-order valence-electron chi connectivity index (χ1n) is 13.9. The summed E-state index contributed by atoms with van der Waals surface area (Å²) < 4.78 is 27.3. The van der Waals surface area contributed by atoms with Gasteiger partial charge in [-0.15, -0.1) is 0 Å². The Morgan fingerprint density at radius 3 is 2.17 bits per heavy atom. The maximum Gasteiger partial charge on any atom is 0.326 e. The van der Waals surface area contributed by atoms with Crippen LogP contribution in [-0.2, 0) is 27.2 Å². The monoisotopic (exact) mass is 575 g/mol. The lowest BCUT2D eigenvalue weighted by atomic mass is 10.0. The molecule has 9 heteroatoms. The minimum atomic E-state index is -2.28. The molecule has 1 fully saturated rings. The van der Waals surface area contributed by atoms with E-state index in [4.69, 9.17) is 10.5 Å². The Bertz CT molecular complexity index is 1140. The smallest absolute Gasteiger partial charge is 0.326 e. The molecule has 2 amide bonds. The number of allylic oxidation sites excluding steroid dienone is 1. The van der Waals surface area contributed by atoms with Crippen molar-refractivity contribution in [2.24, 2.45) is 17.4 Å². The largest absolute Gasteiger partial charge is 0.480 e. The van der Waals surface area contributed by atoms with E-state index in [9.17, 15) is 23.5 Å². The van der Waals surface area contributed by atoms with Crippen molar-refractivity contribution in [1.29, 1.82) is 0 Å². The molecule has 2 aromatic carbocycles. The molecule has 1 saturated heterocycles. The topological polar surface area (TPSA) is 127 Å². The quantitative estimate of drug-likeness (QED) is 0.275. The van der Waals surface area contributed by atoms with Crippen LogP contribution in [0.1, 0.15) is 64.7 Å². The summed E-state index contributed by atoms with van der Waals surface area (Å²) in [7, 11) is 0. The van der Waals surface area contributed by atoms with E-state index in [0.29, 0.717) is 5.92 Å². The summed E-state index contributed by atoms with van der Waals surface area (Å²) in [5, 5.41) is 9.28. The van der Waals surface area contributed by atoms with Gasteiger partial charge in [0.05, 0.1) is 13.0 Å². The van der Waals surface area contributed by atoms with Crippen molar-refractivity contribution in [3.63, 3.8) is 0 Å². The third-order valence-electron chi connectivity index (χ3n) is 6.44. The molecule has 0 bridgehead atoms. The predicted molar refractivity (Wildman–Crippen MR) is 162 cm³/mol. The van der Waals surface area contributed by atoms with Gasteiger partial charge in [-0.05, 0) is 53.6 Å². The number of nitrogens with zero attached hydrogens (tertiary/aromatic N) is 1. The zero-order valence-corrected chi connectivity index (χ0v) is 25.3. The molecule has 7 nitrogen and oxygen atoms in total. The predicted octanol–water partition coefficient (Wildman–Crippen LogP) is 5.47. The highest BCUT2D eigenvalue weighted by atomic mass is 19.2. The molecule has 41 heavy (non-hydrogen) atoms. The summed E-state index contributed by atoms with van der Waals surface area (Å²) in [4.78, 5) is 33.6. The van der Waals surface area contributed by atoms with Crippen LogP contribution in [0.2, 0.25) is 0 Å². The number of hydrogen-bond acceptors (Lipinski definition) is 4. The Balaban J connectivity index is 0.000000967. The normalized spacial score (nSPS) is 17.5. The highest BCUT2D eigenvalue weighted by molar-refractivity contribution is 5.86. The number of fused-ring (bicyclic) bond motifs is 3. The van der Waals surface area contributed by atoms with E-state index in [1.54, 1.807) is 0 Å². The number of hydrogen-bond donors (Lipinski definition) is 3. The van der Waals surface area contributed by atoms with Gasteiger partial charge in [0.25, 0.3) is 0 Å². The second-order valence-electron chi connectivity index (χ2n) is 9.91. The number of nitrogens with two attached hydrogens (primary N) is 2. The third-order valence-corrected chi connectivity index (χ3v) is 6.44. The molecule has 1 aliphatic heterocycles. The number of aliphatic carboxylic acids is 1. The van der Waals surface area contributed by atoms with Gasteiger partial charge in [0, 0.05) is 6.42 Å². The van der Waals surface area contributed by atoms with E-state index < -0.39 is 43.2 Å². The third kappa shape index (κ3) is 11.4. The molecule has 0 radical (unpaired) electrons. The number of primary amides is 1. The number of carbonyl (C=O) groups excluding carboxylic acids is 2. The first-order valence-corrected chi connectivity index (χ1v) is 13.9. The van der Waals surface area contributed by atoms with Crippen LogP contribution in [-0.4, -0.2) is 59.8 Å². The van der Waals surface area contributed by atoms with Crippen LogP contribution in [0.15, 0.2) is 54.6 Å². The van der Waals surface area contributed by atoms with Crippen LogP contribution in [0, 0.1) is 5.92 Å². The molecule has 1 heterocycles. The molecule has 2 aromatic rings. The minimum Gasteiger partial charge on any atom is -0.480 e. The Kier molecular flexibility index (Phi) is 17.1. The average molecular weight is 576 g/mol. The molecule has 1 unspecified atom stereocenters. The number of carboxylic acid groups (broad SMARTS) is 1. The SMILES string of the molecule is C=C(C)C(C)C.CC.CCN.NC=O.O=C(O)C1C[C@](F)(CF)CN1C(=O)Cc1ccc2c(c1)-c1ccccc1C2. The lowest BCUT2D eigenvalue weighted by Gasteiger charge is -2.21.